The van der Waals surface area contributed by atoms with E-state index < -0.39 is 0 Å². The summed E-state index contributed by atoms with van der Waals surface area (Å²) in [7, 11) is 0. The fraction of sp³-hybridized carbons (Fsp3) is 0.667. The third-order valence-electron chi connectivity index (χ3n) is 3.19. The molecule has 0 saturated carbocycles. The average Bonchev–Trinajstić information content (AvgIpc) is 2.30. The molecule has 0 radical (unpaired) electrons. The molecule has 1 saturated heterocycles. The molecule has 94 valence electrons. The van der Waals surface area contributed by atoms with Crippen molar-refractivity contribution in [3.8, 4) is 0 Å². The van der Waals surface area contributed by atoms with E-state index in [9.17, 15) is 0 Å². The number of hydrogen-bond donors (Lipinski definition) is 2. The third kappa shape index (κ3) is 2.66. The highest BCUT2D eigenvalue weighted by molar-refractivity contribution is 5.56. The number of nitrogens with two attached hydrogens (primary N) is 1. The first-order chi connectivity index (χ1) is 8.14. The van der Waals surface area contributed by atoms with Crippen molar-refractivity contribution in [3.05, 3.63) is 11.9 Å². The van der Waals surface area contributed by atoms with Gasteiger partial charge in [-0.1, -0.05) is 6.92 Å². The van der Waals surface area contributed by atoms with Crippen molar-refractivity contribution < 1.29 is 4.74 Å². The molecule has 1 aromatic rings. The van der Waals surface area contributed by atoms with Gasteiger partial charge in [-0.2, -0.15) is 0 Å². The van der Waals surface area contributed by atoms with Crippen LogP contribution in [0.25, 0.3) is 0 Å². The van der Waals surface area contributed by atoms with Gasteiger partial charge >= 0.3 is 0 Å². The monoisotopic (exact) mass is 236 g/mol. The van der Waals surface area contributed by atoms with Gasteiger partial charge in [0.1, 0.15) is 18.0 Å². The fourth-order valence-electron chi connectivity index (χ4n) is 2.20. The summed E-state index contributed by atoms with van der Waals surface area (Å²) in [6, 6.07) is 0. The van der Waals surface area contributed by atoms with Crippen LogP contribution in [0.2, 0.25) is 0 Å². The molecule has 0 aromatic carbocycles. The number of nitrogens with zero attached hydrogens (tertiary/aromatic N) is 2. The lowest BCUT2D eigenvalue weighted by Crippen LogP contribution is -2.43. The Morgan fingerprint density at radius 2 is 2.35 bits per heavy atom. The predicted octanol–water partition coefficient (Wildman–Crippen LogP) is 1.60. The van der Waals surface area contributed by atoms with Crippen LogP contribution in [0.15, 0.2) is 6.33 Å². The highest BCUT2D eigenvalue weighted by Gasteiger charge is 2.28. The van der Waals surface area contributed by atoms with Crippen LogP contribution < -0.4 is 11.1 Å². The first kappa shape index (κ1) is 12.1. The number of hydrogen-bond acceptors (Lipinski definition) is 5. The van der Waals surface area contributed by atoms with E-state index in [1.54, 1.807) is 0 Å². The van der Waals surface area contributed by atoms with Gasteiger partial charge in [0.25, 0.3) is 0 Å². The predicted molar refractivity (Wildman–Crippen MR) is 67.9 cm³/mol. The summed E-state index contributed by atoms with van der Waals surface area (Å²) >= 11 is 0. The van der Waals surface area contributed by atoms with Gasteiger partial charge < -0.3 is 15.8 Å². The van der Waals surface area contributed by atoms with Crippen LogP contribution in [0.3, 0.4) is 0 Å². The molecule has 1 unspecified atom stereocenters. The van der Waals surface area contributed by atoms with Crippen LogP contribution >= 0.6 is 0 Å². The highest BCUT2D eigenvalue weighted by Crippen LogP contribution is 2.26. The Morgan fingerprint density at radius 1 is 1.53 bits per heavy atom. The van der Waals surface area contributed by atoms with E-state index in [1.165, 1.54) is 6.33 Å². The zero-order chi connectivity index (χ0) is 12.3. The molecule has 2 rings (SSSR count). The number of ether oxygens (including phenoxy) is 1. The second kappa shape index (κ2) is 4.87. The smallest absolute Gasteiger partial charge is 0.135 e. The molecule has 0 bridgehead atoms. The van der Waals surface area contributed by atoms with Gasteiger partial charge in [0.15, 0.2) is 0 Å². The normalized spacial score (nSPS) is 24.6. The Kier molecular flexibility index (Phi) is 3.47. The molecular weight excluding hydrogens is 216 g/mol. The van der Waals surface area contributed by atoms with Crippen molar-refractivity contribution >= 4 is 11.6 Å². The zero-order valence-electron chi connectivity index (χ0n) is 10.5. The van der Waals surface area contributed by atoms with E-state index >= 15 is 0 Å². The van der Waals surface area contributed by atoms with E-state index in [4.69, 9.17) is 10.5 Å². The minimum absolute atomic E-state index is 0.0526. The summed E-state index contributed by atoms with van der Waals surface area (Å²) in [6.07, 6.45) is 4.49. The Bertz CT molecular complexity index is 388. The summed E-state index contributed by atoms with van der Waals surface area (Å²) < 4.78 is 5.52. The van der Waals surface area contributed by atoms with Crippen molar-refractivity contribution in [3.63, 3.8) is 0 Å². The topological polar surface area (TPSA) is 73.1 Å². The third-order valence-corrected chi connectivity index (χ3v) is 3.19. The quantitative estimate of drug-likeness (QED) is 0.834. The average molecular weight is 236 g/mol. The van der Waals surface area contributed by atoms with Gasteiger partial charge in [0.05, 0.1) is 12.1 Å². The Hall–Kier alpha value is -1.36. The molecule has 5 heteroatoms. The summed E-state index contributed by atoms with van der Waals surface area (Å²) in [5.41, 5.74) is 6.79. The lowest BCUT2D eigenvalue weighted by molar-refractivity contribution is 0.0538. The lowest BCUT2D eigenvalue weighted by atomic mass is 9.94. The number of anilines is 2. The molecular formula is C12H20N4O. The van der Waals surface area contributed by atoms with Gasteiger partial charge in [0.2, 0.25) is 0 Å². The molecule has 1 aromatic heterocycles. The number of rotatable bonds is 3. The largest absolute Gasteiger partial charge is 0.383 e. The van der Waals surface area contributed by atoms with Gasteiger partial charge in [-0.05, 0) is 26.2 Å². The summed E-state index contributed by atoms with van der Waals surface area (Å²) in [4.78, 5) is 8.31. The molecule has 2 heterocycles. The van der Waals surface area contributed by atoms with E-state index in [1.807, 2.05) is 0 Å². The minimum Gasteiger partial charge on any atom is -0.383 e. The van der Waals surface area contributed by atoms with Crippen molar-refractivity contribution in [1.29, 1.82) is 0 Å². The van der Waals surface area contributed by atoms with Crippen LogP contribution in [0.1, 0.15) is 32.3 Å². The summed E-state index contributed by atoms with van der Waals surface area (Å²) in [5.74, 6) is 1.40. The van der Waals surface area contributed by atoms with Crippen LogP contribution in [0.4, 0.5) is 11.6 Å². The maximum atomic E-state index is 5.86. The molecule has 17 heavy (non-hydrogen) atoms. The van der Waals surface area contributed by atoms with Crippen molar-refractivity contribution in [2.75, 3.05) is 24.3 Å². The van der Waals surface area contributed by atoms with Gasteiger partial charge in [-0.3, -0.25) is 0 Å². The molecule has 5 nitrogen and oxygen atoms in total. The SMILES string of the molecule is CCc1c(N)ncnc1NC1(C)CCCOC1. The van der Waals surface area contributed by atoms with Crippen molar-refractivity contribution in [2.45, 2.75) is 38.6 Å². The van der Waals surface area contributed by atoms with Gasteiger partial charge in [-0.25, -0.2) is 9.97 Å². The lowest BCUT2D eigenvalue weighted by Gasteiger charge is -2.35. The fourth-order valence-corrected chi connectivity index (χ4v) is 2.20. The van der Waals surface area contributed by atoms with Crippen LogP contribution in [0, 0.1) is 0 Å². The maximum Gasteiger partial charge on any atom is 0.135 e. The molecule has 0 aliphatic carbocycles. The minimum atomic E-state index is -0.0526. The van der Waals surface area contributed by atoms with Crippen LogP contribution in [0.5, 0.6) is 0 Å². The summed E-state index contributed by atoms with van der Waals surface area (Å²) in [6.45, 7) is 5.77. The molecule has 1 fully saturated rings. The Labute approximate surface area is 102 Å². The van der Waals surface area contributed by atoms with Gasteiger partial charge in [-0.15, -0.1) is 0 Å². The molecule has 3 N–H and O–H groups in total. The van der Waals surface area contributed by atoms with E-state index in [-0.39, 0.29) is 5.54 Å². The molecule has 1 atom stereocenters. The Balaban J connectivity index is 2.20. The number of nitrogen functional groups attached to an aromatic ring is 1. The first-order valence-corrected chi connectivity index (χ1v) is 6.10. The van der Waals surface area contributed by atoms with Crippen LogP contribution in [-0.4, -0.2) is 28.7 Å². The molecule has 1 aliphatic heterocycles. The van der Waals surface area contributed by atoms with Crippen molar-refractivity contribution in [2.24, 2.45) is 0 Å². The van der Waals surface area contributed by atoms with E-state index in [0.717, 1.165) is 37.3 Å². The molecule has 0 amide bonds. The second-order valence-electron chi connectivity index (χ2n) is 4.78. The summed E-state index contributed by atoms with van der Waals surface area (Å²) in [5, 5.41) is 3.46. The van der Waals surface area contributed by atoms with Crippen molar-refractivity contribution in [1.82, 2.24) is 9.97 Å². The highest BCUT2D eigenvalue weighted by atomic mass is 16.5. The van der Waals surface area contributed by atoms with Gasteiger partial charge in [0, 0.05) is 12.2 Å². The second-order valence-corrected chi connectivity index (χ2v) is 4.78. The van der Waals surface area contributed by atoms with Crippen LogP contribution in [-0.2, 0) is 11.2 Å². The molecule has 0 spiro atoms. The molecule has 1 aliphatic rings. The Morgan fingerprint density at radius 3 is 3.00 bits per heavy atom. The first-order valence-electron chi connectivity index (χ1n) is 6.10. The number of aromatic nitrogens is 2. The number of nitrogens with one attached hydrogen (secondary N) is 1. The maximum absolute atomic E-state index is 5.86. The standard InChI is InChI=1S/C12H20N4O/c1-3-9-10(13)14-8-15-11(9)16-12(2)5-4-6-17-7-12/h8H,3-7H2,1-2H3,(H3,13,14,15,16). The zero-order valence-corrected chi connectivity index (χ0v) is 10.5. The van der Waals surface area contributed by atoms with E-state index in [0.29, 0.717) is 12.4 Å². The van der Waals surface area contributed by atoms with E-state index in [2.05, 4.69) is 29.1 Å².